The predicted molar refractivity (Wildman–Crippen MR) is 72.4 cm³/mol. The lowest BCUT2D eigenvalue weighted by Gasteiger charge is -2.35. The smallest absolute Gasteiger partial charge is 0.0616 e. The van der Waals surface area contributed by atoms with Crippen LogP contribution in [-0.4, -0.2) is 33.6 Å². The summed E-state index contributed by atoms with van der Waals surface area (Å²) in [5.74, 6) is 0.561. The van der Waals surface area contributed by atoms with Crippen LogP contribution in [-0.2, 0) is 6.54 Å². The van der Waals surface area contributed by atoms with Crippen molar-refractivity contribution in [2.45, 2.75) is 51.6 Å². The Hall–Kier alpha value is -0.870. The van der Waals surface area contributed by atoms with Crippen molar-refractivity contribution in [3.8, 4) is 0 Å². The summed E-state index contributed by atoms with van der Waals surface area (Å²) in [4.78, 5) is 0. The van der Waals surface area contributed by atoms with Gasteiger partial charge >= 0.3 is 0 Å². The number of aliphatic hydroxyl groups excluding tert-OH is 1. The number of aliphatic hydroxyl groups is 1. The maximum atomic E-state index is 9.74. The first-order valence-electron chi connectivity index (χ1n) is 7.06. The molecule has 0 amide bonds. The van der Waals surface area contributed by atoms with Gasteiger partial charge < -0.3 is 10.4 Å². The van der Waals surface area contributed by atoms with E-state index in [1.807, 2.05) is 12.3 Å². The van der Waals surface area contributed by atoms with Gasteiger partial charge in [0.15, 0.2) is 0 Å². The molecule has 0 saturated heterocycles. The third kappa shape index (κ3) is 2.59. The Morgan fingerprint density at radius 1 is 1.61 bits per heavy atom. The average Bonchev–Trinajstić information content (AvgIpc) is 2.94. The molecule has 1 aliphatic carbocycles. The Balaban J connectivity index is 1.97. The number of nitrogens with one attached hydrogen (secondary N) is 1. The van der Waals surface area contributed by atoms with Gasteiger partial charge in [0.05, 0.1) is 6.61 Å². The quantitative estimate of drug-likeness (QED) is 0.809. The molecule has 18 heavy (non-hydrogen) atoms. The Morgan fingerprint density at radius 3 is 3.06 bits per heavy atom. The molecule has 4 nitrogen and oxygen atoms in total. The first-order chi connectivity index (χ1) is 8.72. The van der Waals surface area contributed by atoms with Crippen molar-refractivity contribution >= 4 is 0 Å². The SMILES string of the molecule is CCNC1(CO)CCCC1CCn1nccc1C. The van der Waals surface area contributed by atoms with Gasteiger partial charge in [0.1, 0.15) is 0 Å². The number of hydrogen-bond donors (Lipinski definition) is 2. The van der Waals surface area contributed by atoms with E-state index in [2.05, 4.69) is 28.9 Å². The van der Waals surface area contributed by atoms with E-state index >= 15 is 0 Å². The van der Waals surface area contributed by atoms with E-state index in [1.165, 1.54) is 18.5 Å². The summed E-state index contributed by atoms with van der Waals surface area (Å²) in [5.41, 5.74) is 1.17. The standard InChI is InChI=1S/C14H25N3O/c1-3-15-14(11-18)8-4-5-13(14)7-10-17-12(2)6-9-16-17/h6,9,13,15,18H,3-5,7-8,10-11H2,1-2H3. The van der Waals surface area contributed by atoms with E-state index in [0.717, 1.165) is 25.9 Å². The van der Waals surface area contributed by atoms with E-state index < -0.39 is 0 Å². The summed E-state index contributed by atoms with van der Waals surface area (Å²) in [6.07, 6.45) is 6.48. The molecule has 0 radical (unpaired) electrons. The third-order valence-electron chi connectivity index (χ3n) is 4.39. The van der Waals surface area contributed by atoms with Crippen molar-refractivity contribution in [1.29, 1.82) is 0 Å². The highest BCUT2D eigenvalue weighted by molar-refractivity contribution is 5.00. The molecule has 102 valence electrons. The Kier molecular flexibility index (Phi) is 4.40. The Morgan fingerprint density at radius 2 is 2.44 bits per heavy atom. The minimum absolute atomic E-state index is 0.0458. The molecule has 0 aromatic carbocycles. The van der Waals surface area contributed by atoms with E-state index in [4.69, 9.17) is 0 Å². The van der Waals surface area contributed by atoms with Crippen LogP contribution < -0.4 is 5.32 Å². The average molecular weight is 251 g/mol. The minimum atomic E-state index is -0.0458. The molecule has 1 fully saturated rings. The summed E-state index contributed by atoms with van der Waals surface area (Å²) in [6.45, 7) is 6.34. The van der Waals surface area contributed by atoms with Crippen LogP contribution in [0.5, 0.6) is 0 Å². The summed E-state index contributed by atoms with van der Waals surface area (Å²) >= 11 is 0. The number of rotatable bonds is 6. The lowest BCUT2D eigenvalue weighted by Crippen LogP contribution is -2.51. The van der Waals surface area contributed by atoms with Gasteiger partial charge in [-0.05, 0) is 44.7 Å². The van der Waals surface area contributed by atoms with E-state index in [0.29, 0.717) is 5.92 Å². The van der Waals surface area contributed by atoms with Crippen LogP contribution in [0.3, 0.4) is 0 Å². The Labute approximate surface area is 109 Å². The normalized spacial score (nSPS) is 27.8. The second-order valence-corrected chi connectivity index (χ2v) is 5.42. The van der Waals surface area contributed by atoms with Gasteiger partial charge in [-0.1, -0.05) is 13.3 Å². The fraction of sp³-hybridized carbons (Fsp3) is 0.786. The zero-order valence-corrected chi connectivity index (χ0v) is 11.5. The summed E-state index contributed by atoms with van der Waals surface area (Å²) < 4.78 is 2.06. The van der Waals surface area contributed by atoms with Crippen molar-refractivity contribution in [2.75, 3.05) is 13.2 Å². The van der Waals surface area contributed by atoms with Gasteiger partial charge in [0.2, 0.25) is 0 Å². The van der Waals surface area contributed by atoms with Crippen LogP contribution in [0.15, 0.2) is 12.3 Å². The van der Waals surface area contributed by atoms with Gasteiger partial charge in [-0.25, -0.2) is 0 Å². The van der Waals surface area contributed by atoms with Crippen molar-refractivity contribution in [3.05, 3.63) is 18.0 Å². The maximum Gasteiger partial charge on any atom is 0.0616 e. The first kappa shape index (κ1) is 13.6. The van der Waals surface area contributed by atoms with E-state index in [9.17, 15) is 5.11 Å². The zero-order valence-electron chi connectivity index (χ0n) is 11.5. The van der Waals surface area contributed by atoms with Crippen molar-refractivity contribution in [3.63, 3.8) is 0 Å². The summed E-state index contributed by atoms with van der Waals surface area (Å²) in [6, 6.07) is 2.04. The van der Waals surface area contributed by atoms with Crippen molar-refractivity contribution in [1.82, 2.24) is 15.1 Å². The highest BCUT2D eigenvalue weighted by Crippen LogP contribution is 2.37. The van der Waals surface area contributed by atoms with E-state index in [-0.39, 0.29) is 12.1 Å². The molecule has 0 spiro atoms. The van der Waals surface area contributed by atoms with Gasteiger partial charge in [-0.15, -0.1) is 0 Å². The monoisotopic (exact) mass is 251 g/mol. The highest BCUT2D eigenvalue weighted by Gasteiger charge is 2.41. The molecule has 1 aromatic heterocycles. The molecule has 0 aliphatic heterocycles. The molecular formula is C14H25N3O. The largest absolute Gasteiger partial charge is 0.394 e. The fourth-order valence-corrected chi connectivity index (χ4v) is 3.32. The number of nitrogens with zero attached hydrogens (tertiary/aromatic N) is 2. The second-order valence-electron chi connectivity index (χ2n) is 5.42. The second kappa shape index (κ2) is 5.85. The lowest BCUT2D eigenvalue weighted by atomic mass is 9.85. The van der Waals surface area contributed by atoms with Crippen molar-refractivity contribution < 1.29 is 5.11 Å². The molecule has 2 unspecified atom stereocenters. The molecule has 4 heteroatoms. The summed E-state index contributed by atoms with van der Waals surface area (Å²) in [7, 11) is 0. The third-order valence-corrected chi connectivity index (χ3v) is 4.39. The molecule has 1 aromatic rings. The zero-order chi connectivity index (χ0) is 13.0. The van der Waals surface area contributed by atoms with Crippen LogP contribution in [0.1, 0.15) is 38.3 Å². The van der Waals surface area contributed by atoms with Crippen LogP contribution in [0.2, 0.25) is 0 Å². The van der Waals surface area contributed by atoms with Gasteiger partial charge in [0.25, 0.3) is 0 Å². The highest BCUT2D eigenvalue weighted by atomic mass is 16.3. The number of likely N-dealkylation sites (N-methyl/N-ethyl adjacent to an activating group) is 1. The first-order valence-corrected chi connectivity index (χ1v) is 7.06. The number of aryl methyl sites for hydroxylation is 2. The molecule has 2 atom stereocenters. The summed E-state index contributed by atoms with van der Waals surface area (Å²) in [5, 5.41) is 17.6. The van der Waals surface area contributed by atoms with Crippen LogP contribution in [0.25, 0.3) is 0 Å². The Bertz CT molecular complexity index is 377. The number of hydrogen-bond acceptors (Lipinski definition) is 3. The number of aromatic nitrogens is 2. The van der Waals surface area contributed by atoms with E-state index in [1.54, 1.807) is 0 Å². The minimum Gasteiger partial charge on any atom is -0.394 e. The lowest BCUT2D eigenvalue weighted by molar-refractivity contribution is 0.118. The molecule has 0 bridgehead atoms. The molecular weight excluding hydrogens is 226 g/mol. The van der Waals surface area contributed by atoms with Gasteiger partial charge in [-0.2, -0.15) is 5.10 Å². The predicted octanol–water partition coefficient (Wildman–Crippen LogP) is 1.72. The molecule has 1 heterocycles. The topological polar surface area (TPSA) is 50.1 Å². The molecule has 1 saturated carbocycles. The maximum absolute atomic E-state index is 9.74. The van der Waals surface area contributed by atoms with Crippen LogP contribution in [0, 0.1) is 12.8 Å². The molecule has 1 aliphatic rings. The molecule has 2 N–H and O–H groups in total. The molecule has 2 rings (SSSR count). The van der Waals surface area contributed by atoms with Gasteiger partial charge in [-0.3, -0.25) is 4.68 Å². The fourth-order valence-electron chi connectivity index (χ4n) is 3.32. The van der Waals surface area contributed by atoms with Crippen molar-refractivity contribution in [2.24, 2.45) is 5.92 Å². The van der Waals surface area contributed by atoms with Gasteiger partial charge in [0, 0.05) is 24.0 Å². The van der Waals surface area contributed by atoms with Crippen LogP contribution >= 0.6 is 0 Å². The van der Waals surface area contributed by atoms with Crippen LogP contribution in [0.4, 0.5) is 0 Å².